The van der Waals surface area contributed by atoms with Gasteiger partial charge in [-0.3, -0.25) is 9.48 Å². The number of hydrogen-bond acceptors (Lipinski definition) is 3. The molecule has 0 radical (unpaired) electrons. The van der Waals surface area contributed by atoms with E-state index in [0.717, 1.165) is 16.7 Å². The van der Waals surface area contributed by atoms with Crippen molar-refractivity contribution in [2.75, 3.05) is 6.54 Å². The van der Waals surface area contributed by atoms with E-state index in [0.29, 0.717) is 19.6 Å². The molecule has 1 aromatic heterocycles. The van der Waals surface area contributed by atoms with Crippen LogP contribution in [0.2, 0.25) is 0 Å². The first-order valence-corrected chi connectivity index (χ1v) is 9.56. The number of carbonyl (C=O) groups excluding carboxylic acids is 2. The largest absolute Gasteiger partial charge is 0.352 e. The Kier molecular flexibility index (Phi) is 7.40. The molecule has 0 aliphatic carbocycles. The molecule has 0 saturated heterocycles. The van der Waals surface area contributed by atoms with E-state index in [9.17, 15) is 9.59 Å². The predicted molar refractivity (Wildman–Crippen MR) is 111 cm³/mol. The molecule has 0 aliphatic rings. The fourth-order valence-corrected chi connectivity index (χ4v) is 2.84. The van der Waals surface area contributed by atoms with E-state index in [2.05, 4.69) is 21.0 Å². The number of aromatic nitrogens is 2. The van der Waals surface area contributed by atoms with Crippen LogP contribution in [0.15, 0.2) is 73.1 Å². The first kappa shape index (κ1) is 20.1. The third-order valence-corrected chi connectivity index (χ3v) is 4.32. The van der Waals surface area contributed by atoms with Crippen LogP contribution in [0.1, 0.15) is 23.1 Å². The Morgan fingerprint density at radius 3 is 2.38 bits per heavy atom. The molecule has 7 nitrogen and oxygen atoms in total. The predicted octanol–water partition coefficient (Wildman–Crippen LogP) is 2.44. The number of rotatable bonds is 9. The molecular weight excluding hydrogens is 366 g/mol. The molecule has 3 N–H and O–H groups in total. The summed E-state index contributed by atoms with van der Waals surface area (Å²) in [5.74, 6) is -0.0968. The summed E-state index contributed by atoms with van der Waals surface area (Å²) in [5.41, 5.74) is 3.16. The lowest BCUT2D eigenvalue weighted by molar-refractivity contribution is -0.121. The summed E-state index contributed by atoms with van der Waals surface area (Å²) in [7, 11) is 0. The van der Waals surface area contributed by atoms with Gasteiger partial charge in [-0.25, -0.2) is 4.79 Å². The highest BCUT2D eigenvalue weighted by Crippen LogP contribution is 2.07. The number of hydrogen-bond donors (Lipinski definition) is 3. The van der Waals surface area contributed by atoms with Gasteiger partial charge in [0.25, 0.3) is 0 Å². The third kappa shape index (κ3) is 7.14. The fourth-order valence-electron chi connectivity index (χ4n) is 2.84. The topological polar surface area (TPSA) is 88.1 Å². The lowest BCUT2D eigenvalue weighted by atomic mass is 10.1. The van der Waals surface area contributed by atoms with E-state index < -0.39 is 0 Å². The molecule has 29 heavy (non-hydrogen) atoms. The molecule has 7 heteroatoms. The molecule has 3 amide bonds. The monoisotopic (exact) mass is 391 g/mol. The Hall–Kier alpha value is -3.61. The van der Waals surface area contributed by atoms with Gasteiger partial charge < -0.3 is 16.0 Å². The number of benzene rings is 2. The van der Waals surface area contributed by atoms with Crippen molar-refractivity contribution in [3.8, 4) is 0 Å². The van der Waals surface area contributed by atoms with Gasteiger partial charge in [0.1, 0.15) is 0 Å². The van der Waals surface area contributed by atoms with Gasteiger partial charge in [0.2, 0.25) is 5.91 Å². The summed E-state index contributed by atoms with van der Waals surface area (Å²) in [6.45, 7) is 1.87. The summed E-state index contributed by atoms with van der Waals surface area (Å²) in [6.07, 6.45) is 3.89. The number of amides is 3. The maximum Gasteiger partial charge on any atom is 0.315 e. The van der Waals surface area contributed by atoms with Gasteiger partial charge in [-0.2, -0.15) is 5.10 Å². The SMILES string of the molecule is O=C(CCNC(=O)NCc1cccc(Cn2cccn2)c1)NCc1ccccc1. The van der Waals surface area contributed by atoms with E-state index in [4.69, 9.17) is 0 Å². The summed E-state index contributed by atoms with van der Waals surface area (Å²) in [6, 6.07) is 19.3. The molecule has 0 fully saturated rings. The van der Waals surface area contributed by atoms with Crippen LogP contribution in [0, 0.1) is 0 Å². The molecule has 3 aromatic rings. The molecule has 3 rings (SSSR count). The second-order valence-corrected chi connectivity index (χ2v) is 6.65. The molecule has 1 heterocycles. The molecule has 0 spiro atoms. The maximum absolute atomic E-state index is 12.0. The summed E-state index contributed by atoms with van der Waals surface area (Å²) >= 11 is 0. The van der Waals surface area contributed by atoms with Crippen molar-refractivity contribution >= 4 is 11.9 Å². The Balaban J connectivity index is 1.33. The van der Waals surface area contributed by atoms with Crippen LogP contribution >= 0.6 is 0 Å². The van der Waals surface area contributed by atoms with Crippen LogP contribution in [0.4, 0.5) is 4.79 Å². The summed E-state index contributed by atoms with van der Waals surface area (Å²) in [4.78, 5) is 23.8. The Labute approximate surface area is 170 Å². The molecule has 0 bridgehead atoms. The molecular formula is C22H25N5O2. The Morgan fingerprint density at radius 2 is 1.59 bits per heavy atom. The van der Waals surface area contributed by atoms with Gasteiger partial charge >= 0.3 is 6.03 Å². The average molecular weight is 391 g/mol. The van der Waals surface area contributed by atoms with Crippen molar-refractivity contribution in [1.82, 2.24) is 25.7 Å². The van der Waals surface area contributed by atoms with E-state index in [1.807, 2.05) is 71.5 Å². The zero-order chi connectivity index (χ0) is 20.3. The highest BCUT2D eigenvalue weighted by Gasteiger charge is 2.05. The van der Waals surface area contributed by atoms with Crippen molar-refractivity contribution in [2.24, 2.45) is 0 Å². The van der Waals surface area contributed by atoms with Crippen molar-refractivity contribution in [3.63, 3.8) is 0 Å². The second kappa shape index (κ2) is 10.7. The van der Waals surface area contributed by atoms with Gasteiger partial charge in [-0.05, 0) is 22.8 Å². The van der Waals surface area contributed by atoms with E-state index in [1.54, 1.807) is 6.20 Å². The average Bonchev–Trinajstić information content (AvgIpc) is 3.25. The smallest absolute Gasteiger partial charge is 0.315 e. The minimum atomic E-state index is -0.293. The van der Waals surface area contributed by atoms with E-state index in [1.165, 1.54) is 0 Å². The normalized spacial score (nSPS) is 10.3. The first-order valence-electron chi connectivity index (χ1n) is 9.56. The molecule has 0 atom stereocenters. The highest BCUT2D eigenvalue weighted by molar-refractivity contribution is 5.78. The van der Waals surface area contributed by atoms with Crippen LogP contribution in [-0.4, -0.2) is 28.3 Å². The summed E-state index contributed by atoms with van der Waals surface area (Å²) in [5, 5.41) is 12.6. The zero-order valence-corrected chi connectivity index (χ0v) is 16.2. The van der Waals surface area contributed by atoms with Gasteiger partial charge in [-0.1, -0.05) is 54.6 Å². The number of urea groups is 1. The molecule has 0 saturated carbocycles. The summed E-state index contributed by atoms with van der Waals surface area (Å²) < 4.78 is 1.85. The zero-order valence-electron chi connectivity index (χ0n) is 16.2. The van der Waals surface area contributed by atoms with Crippen molar-refractivity contribution < 1.29 is 9.59 Å². The molecule has 150 valence electrons. The van der Waals surface area contributed by atoms with Crippen LogP contribution in [0.25, 0.3) is 0 Å². The number of nitrogens with zero attached hydrogens (tertiary/aromatic N) is 2. The third-order valence-electron chi connectivity index (χ3n) is 4.32. The van der Waals surface area contributed by atoms with Crippen LogP contribution in [0.5, 0.6) is 0 Å². The Morgan fingerprint density at radius 1 is 0.828 bits per heavy atom. The maximum atomic E-state index is 12.0. The van der Waals surface area contributed by atoms with Crippen molar-refractivity contribution in [1.29, 1.82) is 0 Å². The van der Waals surface area contributed by atoms with Crippen LogP contribution in [-0.2, 0) is 24.4 Å². The fraction of sp³-hybridized carbons (Fsp3) is 0.227. The number of nitrogens with one attached hydrogen (secondary N) is 3. The van der Waals surface area contributed by atoms with Crippen LogP contribution < -0.4 is 16.0 Å². The minimum absolute atomic E-state index is 0.0968. The quantitative estimate of drug-likeness (QED) is 0.523. The molecule has 0 aliphatic heterocycles. The lowest BCUT2D eigenvalue weighted by Crippen LogP contribution is -2.37. The van der Waals surface area contributed by atoms with Gasteiger partial charge in [-0.15, -0.1) is 0 Å². The van der Waals surface area contributed by atoms with Crippen molar-refractivity contribution in [3.05, 3.63) is 89.7 Å². The molecule has 2 aromatic carbocycles. The number of carbonyl (C=O) groups is 2. The second-order valence-electron chi connectivity index (χ2n) is 6.65. The minimum Gasteiger partial charge on any atom is -0.352 e. The van der Waals surface area contributed by atoms with Crippen molar-refractivity contribution in [2.45, 2.75) is 26.1 Å². The molecule has 0 unspecified atom stereocenters. The van der Waals surface area contributed by atoms with Gasteiger partial charge in [0.05, 0.1) is 6.54 Å². The van der Waals surface area contributed by atoms with Gasteiger partial charge in [0, 0.05) is 38.4 Å². The van der Waals surface area contributed by atoms with Gasteiger partial charge in [0.15, 0.2) is 0 Å². The standard InChI is InChI=1S/C22H25N5O2/c28-21(24-15-18-6-2-1-3-7-18)10-12-23-22(29)25-16-19-8-4-9-20(14-19)17-27-13-5-11-26-27/h1-9,11,13-14H,10,12,15-17H2,(H,24,28)(H2,23,25,29). The highest BCUT2D eigenvalue weighted by atomic mass is 16.2. The Bertz CT molecular complexity index is 910. The van der Waals surface area contributed by atoms with Crippen LogP contribution in [0.3, 0.4) is 0 Å². The van der Waals surface area contributed by atoms with E-state index in [-0.39, 0.29) is 24.9 Å². The lowest BCUT2D eigenvalue weighted by Gasteiger charge is -2.09. The van der Waals surface area contributed by atoms with E-state index >= 15 is 0 Å². The first-order chi connectivity index (χ1) is 14.2.